The fourth-order valence-corrected chi connectivity index (χ4v) is 17.6. The number of aromatic nitrogens is 1. The van der Waals surface area contributed by atoms with Crippen molar-refractivity contribution >= 4 is 101 Å². The van der Waals surface area contributed by atoms with Crippen molar-refractivity contribution in [1.82, 2.24) is 4.57 Å². The lowest BCUT2D eigenvalue weighted by Crippen LogP contribution is -2.61. The van der Waals surface area contributed by atoms with Crippen molar-refractivity contribution in [3.8, 4) is 83.6 Å². The number of rotatable bonds is 10. The van der Waals surface area contributed by atoms with E-state index in [2.05, 4.69) is 422 Å². The lowest BCUT2D eigenvalue weighted by Gasteiger charge is -2.47. The topological polar surface area (TPSA) is 11.4 Å². The van der Waals surface area contributed by atoms with Gasteiger partial charge in [-0.25, -0.2) is 0 Å². The first-order valence-corrected chi connectivity index (χ1v) is 38.3. The first-order valence-electron chi connectivity index (χ1n) is 38.3. The maximum Gasteiger partial charge on any atom is 0.252 e. The molecule has 518 valence electrons. The third kappa shape index (κ3) is 11.0. The molecule has 3 nitrogen and oxygen atoms in total. The van der Waals surface area contributed by atoms with E-state index in [0.29, 0.717) is 0 Å². The number of hydrogen-bond acceptors (Lipinski definition) is 2. The van der Waals surface area contributed by atoms with Gasteiger partial charge in [0.05, 0.1) is 22.4 Å². The van der Waals surface area contributed by atoms with Crippen molar-refractivity contribution < 1.29 is 0 Å². The summed E-state index contributed by atoms with van der Waals surface area (Å²) >= 11 is 0. The lowest BCUT2D eigenvalue weighted by molar-refractivity contribution is 0.590. The predicted octanol–water partition coefficient (Wildman–Crippen LogP) is 26.7. The van der Waals surface area contributed by atoms with Gasteiger partial charge in [0.1, 0.15) is 0 Å². The monoisotopic (exact) mass is 1390 g/mol. The second-order valence-electron chi connectivity index (χ2n) is 32.8. The summed E-state index contributed by atoms with van der Waals surface area (Å²) in [6.07, 6.45) is 0. The van der Waals surface area contributed by atoms with Crippen LogP contribution in [0, 0.1) is 0 Å². The minimum atomic E-state index is -0.339. The minimum Gasteiger partial charge on any atom is -0.310 e. The zero-order valence-corrected chi connectivity index (χ0v) is 62.8. The van der Waals surface area contributed by atoms with Gasteiger partial charge in [-0.2, -0.15) is 0 Å². The molecule has 17 aromatic rings. The molecule has 0 bridgehead atoms. The maximum atomic E-state index is 2.75. The van der Waals surface area contributed by atoms with Gasteiger partial charge in [-0.05, 0) is 193 Å². The van der Waals surface area contributed by atoms with Crippen molar-refractivity contribution in [2.45, 2.75) is 78.6 Å². The van der Waals surface area contributed by atoms with Crippen LogP contribution < -0.4 is 26.2 Å². The Labute approximate surface area is 635 Å². The maximum absolute atomic E-state index is 2.75. The highest BCUT2D eigenvalue weighted by Gasteiger charge is 2.47. The summed E-state index contributed by atoms with van der Waals surface area (Å²) in [5, 5.41) is 7.31. The Morgan fingerprint density at radius 1 is 0.231 bits per heavy atom. The number of para-hydroxylation sites is 2. The van der Waals surface area contributed by atoms with Crippen LogP contribution in [0.25, 0.3) is 127 Å². The number of hydrogen-bond donors (Lipinski definition) is 0. The molecule has 0 atom stereocenters. The van der Waals surface area contributed by atoms with E-state index in [0.717, 1.165) is 67.6 Å². The quantitative estimate of drug-likeness (QED) is 0.0999. The summed E-state index contributed by atoms with van der Waals surface area (Å²) < 4.78 is 2.51. The number of nitrogens with zero attached hydrogens (tertiary/aromatic N) is 3. The van der Waals surface area contributed by atoms with Crippen molar-refractivity contribution in [3.63, 3.8) is 0 Å². The Hall–Kier alpha value is -12.5. The minimum absolute atomic E-state index is 0.195. The van der Waals surface area contributed by atoms with Crippen LogP contribution in [-0.4, -0.2) is 11.3 Å². The Morgan fingerprint density at radius 3 is 0.917 bits per heavy atom. The Kier molecular flexibility index (Phi) is 15.7. The van der Waals surface area contributed by atoms with E-state index in [1.807, 2.05) is 0 Å². The van der Waals surface area contributed by atoms with Crippen LogP contribution in [-0.2, 0) is 16.2 Å². The SMILES string of the molecule is CC(C)(C)c1cc(-c2ccccc2)c(N2c3cc(-c4c5ccccc5c(-c5ccc(-c6ccccc6)cc5)c5ccccc45)ccc3B3c4ccc(-n5c6ccccc6c6ccccc65)cc4N(c4c(-c5ccccc5)cc(C(C)(C)C)cc4-c4ccccc4)c4cc(C(C)(C)C)cc2c43)c(-c2ccccc2)c1. The second kappa shape index (κ2) is 25.6. The van der Waals surface area contributed by atoms with E-state index < -0.39 is 0 Å². The van der Waals surface area contributed by atoms with Gasteiger partial charge in [0, 0.05) is 61.5 Å². The van der Waals surface area contributed by atoms with E-state index in [4.69, 9.17) is 0 Å². The summed E-state index contributed by atoms with van der Waals surface area (Å²) in [5.41, 5.74) is 33.6. The van der Waals surface area contributed by atoms with Gasteiger partial charge in [-0.1, -0.05) is 341 Å². The molecule has 0 amide bonds. The summed E-state index contributed by atoms with van der Waals surface area (Å²) in [4.78, 5) is 5.49. The molecule has 0 spiro atoms. The van der Waals surface area contributed by atoms with Gasteiger partial charge in [-0.15, -0.1) is 0 Å². The Morgan fingerprint density at radius 2 is 0.528 bits per heavy atom. The molecular weight excluding hydrogens is 1300 g/mol. The molecule has 108 heavy (non-hydrogen) atoms. The number of anilines is 6. The molecule has 4 heteroatoms. The van der Waals surface area contributed by atoms with Crippen LogP contribution in [0.2, 0.25) is 0 Å². The number of fused-ring (bicyclic) bond motifs is 9. The van der Waals surface area contributed by atoms with Crippen LogP contribution >= 0.6 is 0 Å². The second-order valence-corrected chi connectivity index (χ2v) is 32.8. The fraction of sp³-hybridized carbons (Fsp3) is 0.115. The van der Waals surface area contributed by atoms with Gasteiger partial charge >= 0.3 is 0 Å². The largest absolute Gasteiger partial charge is 0.310 e. The molecule has 1 aromatic heterocycles. The molecule has 2 aliphatic rings. The fourth-order valence-electron chi connectivity index (χ4n) is 17.6. The molecule has 2 aliphatic heterocycles. The van der Waals surface area contributed by atoms with Crippen molar-refractivity contribution in [2.75, 3.05) is 9.80 Å². The van der Waals surface area contributed by atoms with E-state index >= 15 is 0 Å². The smallest absolute Gasteiger partial charge is 0.252 e. The predicted molar refractivity (Wildman–Crippen MR) is 464 cm³/mol. The molecule has 0 unspecified atom stereocenters. The normalized spacial score (nSPS) is 12.8. The first-order chi connectivity index (χ1) is 52.5. The van der Waals surface area contributed by atoms with Crippen molar-refractivity contribution in [3.05, 3.63) is 362 Å². The Balaban J connectivity index is 0.976. The van der Waals surface area contributed by atoms with Crippen LogP contribution in [0.4, 0.5) is 34.1 Å². The third-order valence-electron chi connectivity index (χ3n) is 23.0. The van der Waals surface area contributed by atoms with Gasteiger partial charge < -0.3 is 14.4 Å². The highest BCUT2D eigenvalue weighted by molar-refractivity contribution is 7.00. The van der Waals surface area contributed by atoms with Crippen LogP contribution in [0.15, 0.2) is 346 Å². The highest BCUT2D eigenvalue weighted by Crippen LogP contribution is 2.56. The summed E-state index contributed by atoms with van der Waals surface area (Å²) in [6.45, 7) is 21.1. The molecule has 19 rings (SSSR count). The zero-order chi connectivity index (χ0) is 73.3. The highest BCUT2D eigenvalue weighted by atomic mass is 15.2. The zero-order valence-electron chi connectivity index (χ0n) is 62.8. The molecule has 16 aromatic carbocycles. The molecule has 0 saturated carbocycles. The number of benzene rings is 16. The molecular formula is C104H84BN3. The van der Waals surface area contributed by atoms with E-state index in [1.165, 1.54) is 127 Å². The summed E-state index contributed by atoms with van der Waals surface area (Å²) in [6, 6.07) is 131. The molecule has 0 aliphatic carbocycles. The molecule has 3 heterocycles. The van der Waals surface area contributed by atoms with Crippen LogP contribution in [0.3, 0.4) is 0 Å². The van der Waals surface area contributed by atoms with Gasteiger partial charge in [0.2, 0.25) is 0 Å². The summed E-state index contributed by atoms with van der Waals surface area (Å²) in [7, 11) is 0. The van der Waals surface area contributed by atoms with Crippen molar-refractivity contribution in [2.24, 2.45) is 0 Å². The molecule has 0 saturated heterocycles. The van der Waals surface area contributed by atoms with E-state index in [1.54, 1.807) is 0 Å². The van der Waals surface area contributed by atoms with Gasteiger partial charge in [0.15, 0.2) is 0 Å². The average molecular weight is 1390 g/mol. The standard InChI is InChI=1S/C104H84BN3/c1-102(2,3)75-60-85(69-35-17-11-18-36-69)100(86(61-75)70-37-19-12-20-38-70)107-93-59-74(98-83-47-27-25-45-81(83)97(82-46-26-28-48-84(82)98)73-53-51-68(52-54-73)67-33-15-10-16-34-67)55-57-89(93)105-90-58-56-78(106-91-49-31-29-43-79(91)80-44-30-32-50-92(80)106)66-94(90)108(96-65-77(104(7,8)9)64-95(107)99(96)105)101-87(71-39-21-13-22-40-71)62-76(103(4,5)6)63-88(101)72-41-23-14-24-42-72/h10-66H,1-9H3. The van der Waals surface area contributed by atoms with E-state index in [-0.39, 0.29) is 23.0 Å². The van der Waals surface area contributed by atoms with Crippen LogP contribution in [0.1, 0.15) is 79.0 Å². The lowest BCUT2D eigenvalue weighted by atomic mass is 9.33. The summed E-state index contributed by atoms with van der Waals surface area (Å²) in [5.74, 6) is 0. The molecule has 0 fully saturated rings. The molecule has 0 N–H and O–H groups in total. The van der Waals surface area contributed by atoms with E-state index in [9.17, 15) is 0 Å². The first kappa shape index (κ1) is 66.2. The molecule has 0 radical (unpaired) electrons. The van der Waals surface area contributed by atoms with Crippen molar-refractivity contribution in [1.29, 1.82) is 0 Å². The van der Waals surface area contributed by atoms with Crippen LogP contribution in [0.5, 0.6) is 0 Å². The third-order valence-corrected chi connectivity index (χ3v) is 23.0. The Bertz CT molecular complexity index is 6160. The average Bonchev–Trinajstić information content (AvgIpc) is 0.980. The van der Waals surface area contributed by atoms with Gasteiger partial charge in [-0.3, -0.25) is 0 Å². The van der Waals surface area contributed by atoms with Gasteiger partial charge in [0.25, 0.3) is 6.71 Å².